The van der Waals surface area contributed by atoms with E-state index in [0.717, 1.165) is 22.3 Å². The molecule has 3 aliphatic rings. The van der Waals surface area contributed by atoms with Crippen molar-refractivity contribution in [2.75, 3.05) is 0 Å². The number of aromatic hydroxyl groups is 2. The second-order valence-electron chi connectivity index (χ2n) is 6.51. The van der Waals surface area contributed by atoms with Crippen LogP contribution in [0.15, 0.2) is 60.7 Å². The maximum Gasteiger partial charge on any atom is 0.369 e. The van der Waals surface area contributed by atoms with Crippen molar-refractivity contribution in [3.8, 4) is 23.0 Å². The fourth-order valence-electron chi connectivity index (χ4n) is 3.97. The minimum absolute atomic E-state index is 0.0717. The quantitative estimate of drug-likeness (QED) is 0.477. The number of benzene rings is 3. The zero-order valence-electron chi connectivity index (χ0n) is 13.3. The van der Waals surface area contributed by atoms with E-state index < -0.39 is 11.6 Å². The first-order valence-electron chi connectivity index (χ1n) is 8.14. The van der Waals surface area contributed by atoms with Crippen LogP contribution in [-0.2, 0) is 26.1 Å². The predicted octanol–water partition coefficient (Wildman–Crippen LogP) is 3.60. The van der Waals surface area contributed by atoms with Gasteiger partial charge in [0.15, 0.2) is 5.60 Å². The van der Waals surface area contributed by atoms with E-state index in [2.05, 4.69) is 0 Å². The van der Waals surface area contributed by atoms with Crippen molar-refractivity contribution in [3.63, 3.8) is 0 Å². The van der Waals surface area contributed by atoms with Crippen LogP contribution in [-0.4, -0.2) is 10.2 Å². The molecule has 2 spiro atoms. The summed E-state index contributed by atoms with van der Waals surface area (Å²) < 4.78 is 12.4. The second-order valence-corrected chi connectivity index (χ2v) is 6.51. The Morgan fingerprint density at radius 3 is 1.81 bits per heavy atom. The Labute approximate surface area is 147 Å². The van der Waals surface area contributed by atoms with Crippen LogP contribution in [0.5, 0.6) is 23.0 Å². The van der Waals surface area contributed by atoms with E-state index in [4.69, 9.17) is 19.2 Å². The van der Waals surface area contributed by atoms with Crippen LogP contribution in [0.3, 0.4) is 0 Å². The number of ether oxygens (including phenoxy) is 2. The van der Waals surface area contributed by atoms with Crippen molar-refractivity contribution in [1.29, 1.82) is 0 Å². The van der Waals surface area contributed by atoms with Crippen LogP contribution in [0.1, 0.15) is 22.3 Å². The van der Waals surface area contributed by atoms with Gasteiger partial charge in [-0.15, -0.1) is 0 Å². The molecule has 3 aromatic carbocycles. The van der Waals surface area contributed by atoms with Gasteiger partial charge in [0.05, 0.1) is 5.56 Å². The molecule has 6 nitrogen and oxygen atoms in total. The molecule has 0 radical (unpaired) electrons. The van der Waals surface area contributed by atoms with Crippen molar-refractivity contribution >= 4 is 0 Å². The molecule has 1 saturated heterocycles. The first-order chi connectivity index (χ1) is 12.6. The SMILES string of the molecule is Oc1ccc2c(c1)Oc1cc(O)ccc1C21OC2(OO2)c2ccccc21. The molecule has 0 atom stereocenters. The van der Waals surface area contributed by atoms with Crippen LogP contribution < -0.4 is 4.74 Å². The Kier molecular flexibility index (Phi) is 2.38. The summed E-state index contributed by atoms with van der Waals surface area (Å²) in [4.78, 5) is 10.5. The van der Waals surface area contributed by atoms with E-state index in [1.165, 1.54) is 12.1 Å². The van der Waals surface area contributed by atoms with Crippen molar-refractivity contribution < 1.29 is 29.5 Å². The highest BCUT2D eigenvalue weighted by Gasteiger charge is 2.68. The third kappa shape index (κ3) is 1.56. The summed E-state index contributed by atoms with van der Waals surface area (Å²) in [5.41, 5.74) is 2.03. The van der Waals surface area contributed by atoms with Crippen LogP contribution in [0.2, 0.25) is 0 Å². The zero-order chi connectivity index (χ0) is 17.5. The Morgan fingerprint density at radius 2 is 1.23 bits per heavy atom. The fraction of sp³-hybridized carbons (Fsp3) is 0.100. The molecule has 0 unspecified atom stereocenters. The Balaban J connectivity index is 1.74. The molecule has 0 aromatic heterocycles. The van der Waals surface area contributed by atoms with E-state index in [1.807, 2.05) is 24.3 Å². The van der Waals surface area contributed by atoms with Gasteiger partial charge in [-0.3, -0.25) is 4.74 Å². The number of rotatable bonds is 0. The van der Waals surface area contributed by atoms with Crippen molar-refractivity contribution in [1.82, 2.24) is 0 Å². The molecule has 0 amide bonds. The molecule has 0 bridgehead atoms. The number of fused-ring (bicyclic) bond motifs is 7. The average Bonchev–Trinajstić information content (AvgIpc) is 3.35. The van der Waals surface area contributed by atoms with Gasteiger partial charge in [0.1, 0.15) is 23.0 Å². The van der Waals surface area contributed by atoms with Gasteiger partial charge in [-0.25, -0.2) is 0 Å². The molecule has 6 rings (SSSR count). The lowest BCUT2D eigenvalue weighted by atomic mass is 9.77. The smallest absolute Gasteiger partial charge is 0.369 e. The lowest BCUT2D eigenvalue weighted by Gasteiger charge is -2.36. The van der Waals surface area contributed by atoms with Crippen LogP contribution in [0.25, 0.3) is 0 Å². The van der Waals surface area contributed by atoms with E-state index in [-0.39, 0.29) is 11.5 Å². The minimum atomic E-state index is -1.25. The number of phenolic OH excluding ortho intramolecular Hbond substituents is 2. The average molecular weight is 348 g/mol. The molecule has 2 N–H and O–H groups in total. The van der Waals surface area contributed by atoms with Gasteiger partial charge in [-0.1, -0.05) is 24.3 Å². The molecule has 128 valence electrons. The fourth-order valence-corrected chi connectivity index (χ4v) is 3.97. The maximum atomic E-state index is 9.91. The Bertz CT molecular complexity index is 1030. The van der Waals surface area contributed by atoms with E-state index in [0.29, 0.717) is 11.5 Å². The molecular formula is C20H12O6. The van der Waals surface area contributed by atoms with Gasteiger partial charge >= 0.3 is 5.97 Å². The van der Waals surface area contributed by atoms with Gasteiger partial charge in [0, 0.05) is 28.8 Å². The highest BCUT2D eigenvalue weighted by molar-refractivity contribution is 5.66. The minimum Gasteiger partial charge on any atom is -0.508 e. The predicted molar refractivity (Wildman–Crippen MR) is 87.5 cm³/mol. The second kappa shape index (κ2) is 4.37. The Morgan fingerprint density at radius 1 is 0.654 bits per heavy atom. The zero-order valence-corrected chi connectivity index (χ0v) is 13.3. The van der Waals surface area contributed by atoms with Gasteiger partial charge in [0.25, 0.3) is 0 Å². The first kappa shape index (κ1) is 14.1. The van der Waals surface area contributed by atoms with Crippen molar-refractivity contribution in [2.45, 2.75) is 11.6 Å². The van der Waals surface area contributed by atoms with E-state index in [9.17, 15) is 10.2 Å². The maximum absolute atomic E-state index is 9.91. The van der Waals surface area contributed by atoms with Gasteiger partial charge in [0.2, 0.25) is 0 Å². The highest BCUT2D eigenvalue weighted by Crippen LogP contribution is 2.64. The third-order valence-corrected chi connectivity index (χ3v) is 5.07. The molecule has 1 fully saturated rings. The van der Waals surface area contributed by atoms with Crippen molar-refractivity contribution in [3.05, 3.63) is 82.9 Å². The largest absolute Gasteiger partial charge is 0.508 e. The number of hydrogen-bond donors (Lipinski definition) is 2. The number of phenols is 2. The summed E-state index contributed by atoms with van der Waals surface area (Å²) in [6.45, 7) is 0. The summed E-state index contributed by atoms with van der Waals surface area (Å²) in [5.74, 6) is -0.228. The van der Waals surface area contributed by atoms with Gasteiger partial charge in [-0.05, 0) is 24.3 Å². The van der Waals surface area contributed by atoms with Crippen LogP contribution >= 0.6 is 0 Å². The molecule has 3 aliphatic heterocycles. The number of hydrogen-bond acceptors (Lipinski definition) is 6. The third-order valence-electron chi connectivity index (χ3n) is 5.07. The summed E-state index contributed by atoms with van der Waals surface area (Å²) in [7, 11) is 0. The Hall–Kier alpha value is -3.06. The molecular weight excluding hydrogens is 336 g/mol. The normalized spacial score (nSPS) is 19.5. The molecule has 26 heavy (non-hydrogen) atoms. The summed E-state index contributed by atoms with van der Waals surface area (Å²) in [6, 6.07) is 17.4. The van der Waals surface area contributed by atoms with Crippen LogP contribution in [0.4, 0.5) is 0 Å². The van der Waals surface area contributed by atoms with Gasteiger partial charge in [-0.2, -0.15) is 9.78 Å². The molecule has 3 heterocycles. The lowest BCUT2D eigenvalue weighted by Crippen LogP contribution is -2.33. The lowest BCUT2D eigenvalue weighted by molar-refractivity contribution is -0.113. The molecule has 0 aliphatic carbocycles. The monoisotopic (exact) mass is 348 g/mol. The van der Waals surface area contributed by atoms with Crippen LogP contribution in [0, 0.1) is 0 Å². The van der Waals surface area contributed by atoms with E-state index in [1.54, 1.807) is 24.3 Å². The first-order valence-corrected chi connectivity index (χ1v) is 8.14. The highest BCUT2D eigenvalue weighted by atomic mass is 17.5. The van der Waals surface area contributed by atoms with Crippen molar-refractivity contribution in [2.24, 2.45) is 0 Å². The summed E-state index contributed by atoms with van der Waals surface area (Å²) >= 11 is 0. The van der Waals surface area contributed by atoms with Gasteiger partial charge < -0.3 is 14.9 Å². The molecule has 0 saturated carbocycles. The molecule has 3 aromatic rings. The topological polar surface area (TPSA) is 84.0 Å². The van der Waals surface area contributed by atoms with E-state index >= 15 is 0 Å². The summed E-state index contributed by atoms with van der Waals surface area (Å²) in [5, 5.41) is 19.8. The molecule has 6 heteroatoms. The standard InChI is InChI=1S/C20H12O6/c21-11-5-7-15-17(9-11)23-18-10-12(22)6-8-16(18)19(15)13-3-1-2-4-14(13)20(24-19)25-26-20/h1-10,21-22H. The summed E-state index contributed by atoms with van der Waals surface area (Å²) in [6.07, 6.45) is 0.